The van der Waals surface area contributed by atoms with E-state index in [1.807, 2.05) is 0 Å². The van der Waals surface area contributed by atoms with Crippen LogP contribution in [0, 0.1) is 0 Å². The second-order valence-electron chi connectivity index (χ2n) is 3.60. The van der Waals surface area contributed by atoms with E-state index in [4.69, 9.17) is 0 Å². The van der Waals surface area contributed by atoms with Crippen molar-refractivity contribution in [3.05, 3.63) is 30.3 Å². The van der Waals surface area contributed by atoms with Crippen molar-refractivity contribution in [2.45, 2.75) is 13.3 Å². The normalized spacial score (nSPS) is 10.1. The Morgan fingerprint density at radius 2 is 2.28 bits per heavy atom. The van der Waals surface area contributed by atoms with Gasteiger partial charge in [0.2, 0.25) is 0 Å². The van der Waals surface area contributed by atoms with Gasteiger partial charge < -0.3 is 15.2 Å². The van der Waals surface area contributed by atoms with Gasteiger partial charge in [0.25, 0.3) is 5.91 Å². The third kappa shape index (κ3) is 3.03. The number of hydrogen-bond donors (Lipinski definition) is 2. The maximum absolute atomic E-state index is 11.7. The number of rotatable bonds is 5. The molecule has 2 N–H and O–H groups in total. The SMILES string of the molecule is CCCNc1ccc(C(=O)Nc2cnoc2)nn1. The summed E-state index contributed by atoms with van der Waals surface area (Å²) in [5, 5.41) is 16.9. The molecule has 0 aliphatic heterocycles. The second-order valence-corrected chi connectivity index (χ2v) is 3.60. The minimum atomic E-state index is -0.354. The summed E-state index contributed by atoms with van der Waals surface area (Å²) in [4.78, 5) is 11.7. The van der Waals surface area contributed by atoms with E-state index >= 15 is 0 Å². The van der Waals surface area contributed by atoms with Crippen molar-refractivity contribution in [2.75, 3.05) is 17.2 Å². The number of anilines is 2. The van der Waals surface area contributed by atoms with E-state index in [-0.39, 0.29) is 11.6 Å². The van der Waals surface area contributed by atoms with Crippen LogP contribution in [0.5, 0.6) is 0 Å². The number of amides is 1. The van der Waals surface area contributed by atoms with Crippen LogP contribution in [0.3, 0.4) is 0 Å². The maximum atomic E-state index is 11.7. The lowest BCUT2D eigenvalue weighted by atomic mass is 10.3. The summed E-state index contributed by atoms with van der Waals surface area (Å²) in [7, 11) is 0. The Morgan fingerprint density at radius 1 is 1.39 bits per heavy atom. The van der Waals surface area contributed by atoms with Crippen LogP contribution in [0.25, 0.3) is 0 Å². The number of hydrogen-bond acceptors (Lipinski definition) is 6. The van der Waals surface area contributed by atoms with E-state index in [0.717, 1.165) is 13.0 Å². The molecule has 2 rings (SSSR count). The summed E-state index contributed by atoms with van der Waals surface area (Å²) in [6.07, 6.45) is 3.74. The van der Waals surface area contributed by atoms with Gasteiger partial charge in [-0.15, -0.1) is 10.2 Å². The van der Waals surface area contributed by atoms with Crippen molar-refractivity contribution in [1.29, 1.82) is 0 Å². The van der Waals surface area contributed by atoms with Gasteiger partial charge in [0.05, 0.1) is 6.20 Å². The van der Waals surface area contributed by atoms with Crippen molar-refractivity contribution in [3.8, 4) is 0 Å². The van der Waals surface area contributed by atoms with Crippen molar-refractivity contribution in [3.63, 3.8) is 0 Å². The fourth-order valence-electron chi connectivity index (χ4n) is 1.26. The summed E-state index contributed by atoms with van der Waals surface area (Å²) in [6, 6.07) is 3.32. The molecule has 0 bridgehead atoms. The van der Waals surface area contributed by atoms with Crippen molar-refractivity contribution in [1.82, 2.24) is 15.4 Å². The molecule has 0 aliphatic rings. The highest BCUT2D eigenvalue weighted by Crippen LogP contribution is 2.07. The Labute approximate surface area is 104 Å². The van der Waals surface area contributed by atoms with E-state index in [2.05, 4.69) is 37.4 Å². The third-order valence-electron chi connectivity index (χ3n) is 2.14. The maximum Gasteiger partial charge on any atom is 0.276 e. The molecule has 0 aromatic carbocycles. The van der Waals surface area contributed by atoms with Crippen LogP contribution >= 0.6 is 0 Å². The van der Waals surface area contributed by atoms with Gasteiger partial charge in [-0.2, -0.15) is 0 Å². The van der Waals surface area contributed by atoms with Crippen molar-refractivity contribution < 1.29 is 9.32 Å². The third-order valence-corrected chi connectivity index (χ3v) is 2.14. The summed E-state index contributed by atoms with van der Waals surface area (Å²) < 4.78 is 4.60. The first-order valence-electron chi connectivity index (χ1n) is 5.58. The summed E-state index contributed by atoms with van der Waals surface area (Å²) >= 11 is 0. The zero-order valence-corrected chi connectivity index (χ0v) is 9.88. The van der Waals surface area contributed by atoms with Crippen LogP contribution in [0.2, 0.25) is 0 Å². The van der Waals surface area contributed by atoms with E-state index in [0.29, 0.717) is 11.5 Å². The van der Waals surface area contributed by atoms with E-state index in [9.17, 15) is 4.79 Å². The van der Waals surface area contributed by atoms with Gasteiger partial charge in [-0.3, -0.25) is 4.79 Å². The van der Waals surface area contributed by atoms with Crippen LogP contribution < -0.4 is 10.6 Å². The van der Waals surface area contributed by atoms with Crippen LogP contribution in [0.15, 0.2) is 29.1 Å². The van der Waals surface area contributed by atoms with Crippen LogP contribution in [-0.2, 0) is 0 Å². The minimum absolute atomic E-state index is 0.234. The Kier molecular flexibility index (Phi) is 3.85. The zero-order chi connectivity index (χ0) is 12.8. The largest absolute Gasteiger partial charge is 0.369 e. The average molecular weight is 247 g/mol. The lowest BCUT2D eigenvalue weighted by Gasteiger charge is -2.03. The van der Waals surface area contributed by atoms with Gasteiger partial charge in [-0.1, -0.05) is 12.1 Å². The highest BCUT2D eigenvalue weighted by atomic mass is 16.5. The van der Waals surface area contributed by atoms with Gasteiger partial charge in [0.1, 0.15) is 17.8 Å². The molecular weight excluding hydrogens is 234 g/mol. The van der Waals surface area contributed by atoms with Gasteiger partial charge in [-0.25, -0.2) is 0 Å². The highest BCUT2D eigenvalue weighted by molar-refractivity contribution is 6.02. The molecule has 2 heterocycles. The molecule has 0 radical (unpaired) electrons. The first-order valence-corrected chi connectivity index (χ1v) is 5.58. The Balaban J connectivity index is 1.98. The molecule has 0 atom stereocenters. The summed E-state index contributed by atoms with van der Waals surface area (Å²) in [5.74, 6) is 0.297. The van der Waals surface area contributed by atoms with E-state index in [1.165, 1.54) is 12.5 Å². The Morgan fingerprint density at radius 3 is 2.89 bits per heavy atom. The predicted molar refractivity (Wildman–Crippen MR) is 65.3 cm³/mol. The zero-order valence-electron chi connectivity index (χ0n) is 9.88. The average Bonchev–Trinajstić information content (AvgIpc) is 2.89. The molecular formula is C11H13N5O2. The molecule has 7 nitrogen and oxygen atoms in total. The lowest BCUT2D eigenvalue weighted by Crippen LogP contribution is -2.14. The summed E-state index contributed by atoms with van der Waals surface area (Å²) in [6.45, 7) is 2.88. The van der Waals surface area contributed by atoms with Crippen LogP contribution in [0.4, 0.5) is 11.5 Å². The molecule has 7 heteroatoms. The molecule has 0 spiro atoms. The first kappa shape index (κ1) is 12.0. The minimum Gasteiger partial charge on any atom is -0.369 e. The molecule has 94 valence electrons. The van der Waals surface area contributed by atoms with Gasteiger partial charge >= 0.3 is 0 Å². The molecule has 18 heavy (non-hydrogen) atoms. The quantitative estimate of drug-likeness (QED) is 0.832. The van der Waals surface area contributed by atoms with E-state index < -0.39 is 0 Å². The van der Waals surface area contributed by atoms with Gasteiger partial charge in [0, 0.05) is 6.54 Å². The smallest absolute Gasteiger partial charge is 0.276 e. The summed E-state index contributed by atoms with van der Waals surface area (Å²) in [5.41, 5.74) is 0.716. The number of carbonyl (C=O) groups is 1. The molecule has 0 saturated carbocycles. The lowest BCUT2D eigenvalue weighted by molar-refractivity contribution is 0.102. The van der Waals surface area contributed by atoms with Gasteiger partial charge in [0.15, 0.2) is 5.69 Å². The first-order chi connectivity index (χ1) is 8.79. The Bertz CT molecular complexity index is 495. The number of nitrogens with zero attached hydrogens (tertiary/aromatic N) is 3. The topological polar surface area (TPSA) is 92.9 Å². The molecule has 0 aliphatic carbocycles. The van der Waals surface area contributed by atoms with E-state index in [1.54, 1.807) is 12.1 Å². The fourth-order valence-corrected chi connectivity index (χ4v) is 1.26. The molecule has 1 amide bonds. The van der Waals surface area contributed by atoms with Crippen LogP contribution in [0.1, 0.15) is 23.8 Å². The monoisotopic (exact) mass is 247 g/mol. The molecule has 0 unspecified atom stereocenters. The Hall–Kier alpha value is -2.44. The molecule has 2 aromatic rings. The van der Waals surface area contributed by atoms with Crippen LogP contribution in [-0.4, -0.2) is 27.8 Å². The fraction of sp³-hybridized carbons (Fsp3) is 0.273. The standard InChI is InChI=1S/C11H13N5O2/c1-2-5-12-10-4-3-9(15-16-10)11(17)14-8-6-13-18-7-8/h3-4,6-7H,2,5H2,1H3,(H,12,16)(H,14,17). The number of carbonyl (C=O) groups excluding carboxylic acids is 1. The van der Waals surface area contributed by atoms with Crippen molar-refractivity contribution in [2.24, 2.45) is 0 Å². The molecule has 2 aromatic heterocycles. The van der Waals surface area contributed by atoms with Gasteiger partial charge in [-0.05, 0) is 18.6 Å². The number of aromatic nitrogens is 3. The number of nitrogens with one attached hydrogen (secondary N) is 2. The molecule has 0 fully saturated rings. The highest BCUT2D eigenvalue weighted by Gasteiger charge is 2.09. The second kappa shape index (κ2) is 5.76. The predicted octanol–water partition coefficient (Wildman–Crippen LogP) is 1.54. The molecule has 0 saturated heterocycles. The van der Waals surface area contributed by atoms with Crippen molar-refractivity contribution >= 4 is 17.4 Å².